The molecular weight excluding hydrogens is 364 g/mol. The number of amides is 1. The van der Waals surface area contributed by atoms with Gasteiger partial charge in [-0.3, -0.25) is 4.79 Å². The highest BCUT2D eigenvalue weighted by Gasteiger charge is 2.18. The van der Waals surface area contributed by atoms with Gasteiger partial charge in [0.15, 0.2) is 12.8 Å². The van der Waals surface area contributed by atoms with Crippen molar-refractivity contribution in [2.45, 2.75) is 13.0 Å². The number of benzene rings is 1. The van der Waals surface area contributed by atoms with Crippen LogP contribution in [0.1, 0.15) is 29.0 Å². The molecule has 0 spiro atoms. The van der Waals surface area contributed by atoms with Crippen molar-refractivity contribution in [2.24, 2.45) is 0 Å². The number of esters is 1. The number of halogens is 1. The van der Waals surface area contributed by atoms with Gasteiger partial charge in [0.1, 0.15) is 0 Å². The molecule has 7 heteroatoms. The van der Waals surface area contributed by atoms with Crippen LogP contribution in [0.5, 0.6) is 0 Å². The minimum Gasteiger partial charge on any atom is -0.618 e. The summed E-state index contributed by atoms with van der Waals surface area (Å²) >= 11 is 3.34. The standard InChI is InChI=1S/C16H15BrN2O4/c1-11(12-5-7-13(17)8-6-12)18-15(20)10-23-16(21)14-4-2-3-9-19(14)22/h2-9,11H,10H2,1H3,(H,18,20)/t11-/m0/s1. The van der Waals surface area contributed by atoms with Gasteiger partial charge in [0.05, 0.1) is 6.04 Å². The lowest BCUT2D eigenvalue weighted by Crippen LogP contribution is -2.36. The number of rotatable bonds is 5. The zero-order valence-corrected chi connectivity index (χ0v) is 13.9. The van der Waals surface area contributed by atoms with Crippen molar-refractivity contribution in [3.8, 4) is 0 Å². The number of carbonyl (C=O) groups excluding carboxylic acids is 2. The molecule has 2 rings (SSSR count). The summed E-state index contributed by atoms with van der Waals surface area (Å²) < 4.78 is 6.19. The van der Waals surface area contributed by atoms with E-state index in [1.54, 1.807) is 6.07 Å². The molecule has 0 saturated carbocycles. The summed E-state index contributed by atoms with van der Waals surface area (Å²) in [6.45, 7) is 1.38. The molecule has 0 aliphatic rings. The van der Waals surface area contributed by atoms with Gasteiger partial charge in [-0.1, -0.05) is 28.1 Å². The fourth-order valence-electron chi connectivity index (χ4n) is 1.91. The van der Waals surface area contributed by atoms with E-state index in [1.807, 2.05) is 31.2 Å². The Balaban J connectivity index is 1.86. The van der Waals surface area contributed by atoms with E-state index in [2.05, 4.69) is 21.2 Å². The number of aromatic nitrogens is 1. The Morgan fingerprint density at radius 1 is 1.26 bits per heavy atom. The largest absolute Gasteiger partial charge is 0.618 e. The predicted molar refractivity (Wildman–Crippen MR) is 86.4 cm³/mol. The highest BCUT2D eigenvalue weighted by molar-refractivity contribution is 9.10. The SMILES string of the molecule is C[C@H](NC(=O)COC(=O)c1cccc[n+]1[O-])c1ccc(Br)cc1. The van der Waals surface area contributed by atoms with Crippen molar-refractivity contribution in [2.75, 3.05) is 6.61 Å². The van der Waals surface area contributed by atoms with E-state index in [9.17, 15) is 14.8 Å². The first-order chi connectivity index (χ1) is 11.0. The van der Waals surface area contributed by atoms with Crippen molar-refractivity contribution < 1.29 is 19.1 Å². The van der Waals surface area contributed by atoms with E-state index in [0.29, 0.717) is 4.73 Å². The predicted octanol–water partition coefficient (Wildman–Crippen LogP) is 2.12. The lowest BCUT2D eigenvalue weighted by atomic mass is 10.1. The first-order valence-electron chi connectivity index (χ1n) is 6.87. The second kappa shape index (κ2) is 7.73. The Kier molecular flexibility index (Phi) is 5.70. The van der Waals surface area contributed by atoms with Crippen molar-refractivity contribution in [1.82, 2.24) is 5.32 Å². The van der Waals surface area contributed by atoms with Crippen LogP contribution in [0.3, 0.4) is 0 Å². The second-order valence-electron chi connectivity index (χ2n) is 4.83. The van der Waals surface area contributed by atoms with Crippen LogP contribution in [0.4, 0.5) is 0 Å². The molecule has 0 bridgehead atoms. The molecule has 0 fully saturated rings. The van der Waals surface area contributed by atoms with E-state index in [0.717, 1.165) is 10.0 Å². The zero-order chi connectivity index (χ0) is 16.8. The Labute approximate surface area is 141 Å². The van der Waals surface area contributed by atoms with Gasteiger partial charge in [-0.25, -0.2) is 4.79 Å². The summed E-state index contributed by atoms with van der Waals surface area (Å²) in [6.07, 6.45) is 1.19. The molecular formula is C16H15BrN2O4. The van der Waals surface area contributed by atoms with Gasteiger partial charge in [-0.2, -0.15) is 4.73 Å². The van der Waals surface area contributed by atoms with Gasteiger partial charge in [0.2, 0.25) is 0 Å². The lowest BCUT2D eigenvalue weighted by Gasteiger charge is -2.14. The summed E-state index contributed by atoms with van der Waals surface area (Å²) in [6, 6.07) is 11.7. The normalized spacial score (nSPS) is 11.6. The molecule has 1 heterocycles. The van der Waals surface area contributed by atoms with Crippen LogP contribution >= 0.6 is 15.9 Å². The van der Waals surface area contributed by atoms with Gasteiger partial charge in [0.25, 0.3) is 5.91 Å². The van der Waals surface area contributed by atoms with E-state index in [4.69, 9.17) is 4.74 Å². The summed E-state index contributed by atoms with van der Waals surface area (Å²) in [4.78, 5) is 23.6. The smallest absolute Gasteiger partial charge is 0.405 e. The molecule has 0 saturated heterocycles. The van der Waals surface area contributed by atoms with Gasteiger partial charge in [0, 0.05) is 16.6 Å². The van der Waals surface area contributed by atoms with E-state index >= 15 is 0 Å². The van der Waals surface area contributed by atoms with Crippen LogP contribution in [0.15, 0.2) is 53.1 Å². The maximum Gasteiger partial charge on any atom is 0.405 e. The molecule has 0 aliphatic heterocycles. The Morgan fingerprint density at radius 3 is 2.61 bits per heavy atom. The fourth-order valence-corrected chi connectivity index (χ4v) is 2.17. The van der Waals surface area contributed by atoms with E-state index < -0.39 is 18.5 Å². The minimum absolute atomic E-state index is 0.166. The highest BCUT2D eigenvalue weighted by atomic mass is 79.9. The highest BCUT2D eigenvalue weighted by Crippen LogP contribution is 2.16. The summed E-state index contributed by atoms with van der Waals surface area (Å²) in [5.74, 6) is -1.28. The Hall–Kier alpha value is -2.41. The molecule has 23 heavy (non-hydrogen) atoms. The van der Waals surface area contributed by atoms with Crippen molar-refractivity contribution >= 4 is 27.8 Å². The molecule has 1 aromatic carbocycles. The number of hydrogen-bond acceptors (Lipinski definition) is 4. The van der Waals surface area contributed by atoms with Crippen LogP contribution in [0.2, 0.25) is 0 Å². The van der Waals surface area contributed by atoms with Crippen LogP contribution in [0, 0.1) is 5.21 Å². The first kappa shape index (κ1) is 17.0. The summed E-state index contributed by atoms with van der Waals surface area (Å²) in [7, 11) is 0. The number of pyridine rings is 1. The topological polar surface area (TPSA) is 82.3 Å². The van der Waals surface area contributed by atoms with Crippen LogP contribution in [0.25, 0.3) is 0 Å². The molecule has 1 amide bonds. The number of ether oxygens (including phenoxy) is 1. The van der Waals surface area contributed by atoms with Crippen molar-refractivity contribution in [1.29, 1.82) is 0 Å². The van der Waals surface area contributed by atoms with Crippen LogP contribution in [-0.4, -0.2) is 18.5 Å². The van der Waals surface area contributed by atoms with Crippen molar-refractivity contribution in [3.63, 3.8) is 0 Å². The molecule has 0 aliphatic carbocycles. The lowest BCUT2D eigenvalue weighted by molar-refractivity contribution is -0.608. The van der Waals surface area contributed by atoms with Gasteiger partial charge in [-0.05, 0) is 30.7 Å². The Bertz CT molecular complexity index is 703. The van der Waals surface area contributed by atoms with E-state index in [1.165, 1.54) is 18.3 Å². The molecule has 0 unspecified atom stereocenters. The monoisotopic (exact) mass is 378 g/mol. The summed E-state index contributed by atoms with van der Waals surface area (Å²) in [5, 5.41) is 14.1. The zero-order valence-electron chi connectivity index (χ0n) is 12.4. The minimum atomic E-state index is -0.841. The fraction of sp³-hybridized carbons (Fsp3) is 0.188. The molecule has 120 valence electrons. The maximum atomic E-state index is 11.8. The van der Waals surface area contributed by atoms with Crippen molar-refractivity contribution in [3.05, 3.63) is 69.6 Å². The van der Waals surface area contributed by atoms with E-state index in [-0.39, 0.29) is 11.7 Å². The Morgan fingerprint density at radius 2 is 1.96 bits per heavy atom. The first-order valence-corrected chi connectivity index (χ1v) is 7.67. The van der Waals surface area contributed by atoms with Crippen LogP contribution in [-0.2, 0) is 9.53 Å². The second-order valence-corrected chi connectivity index (χ2v) is 5.74. The molecule has 6 nitrogen and oxygen atoms in total. The number of nitrogens with one attached hydrogen (secondary N) is 1. The third kappa shape index (κ3) is 4.79. The molecule has 0 radical (unpaired) electrons. The summed E-state index contributed by atoms with van der Waals surface area (Å²) in [5.41, 5.74) is 0.759. The third-order valence-corrected chi connectivity index (χ3v) is 3.64. The quantitative estimate of drug-likeness (QED) is 0.490. The third-order valence-electron chi connectivity index (χ3n) is 3.12. The maximum absolute atomic E-state index is 11.8. The number of hydrogen-bond donors (Lipinski definition) is 1. The number of nitrogens with zero attached hydrogens (tertiary/aromatic N) is 1. The number of carbonyl (C=O) groups is 2. The van der Waals surface area contributed by atoms with Gasteiger partial charge >= 0.3 is 11.7 Å². The van der Waals surface area contributed by atoms with Crippen LogP contribution < -0.4 is 10.0 Å². The average Bonchev–Trinajstić information content (AvgIpc) is 2.53. The van der Waals surface area contributed by atoms with Gasteiger partial charge in [-0.15, -0.1) is 0 Å². The molecule has 2 aromatic rings. The molecule has 1 N–H and O–H groups in total. The molecule has 1 aromatic heterocycles. The molecule has 1 atom stereocenters. The average molecular weight is 379 g/mol. The van der Waals surface area contributed by atoms with Gasteiger partial charge < -0.3 is 15.3 Å².